The van der Waals surface area contributed by atoms with Gasteiger partial charge >= 0.3 is 11.7 Å². The zero-order valence-electron chi connectivity index (χ0n) is 17.8. The van der Waals surface area contributed by atoms with Gasteiger partial charge in [0.1, 0.15) is 12.4 Å². The SMILES string of the molecule is CCOC(=O)CNC(=O)CSc1nc2c(c(=O)n(C)c(=O)n2C)n1Cc1ccc(F)cc1. The van der Waals surface area contributed by atoms with E-state index in [1.807, 2.05) is 0 Å². The summed E-state index contributed by atoms with van der Waals surface area (Å²) in [5.41, 5.74) is 0.00667. The molecule has 1 N–H and O–H groups in total. The molecule has 10 nitrogen and oxygen atoms in total. The molecule has 1 aromatic carbocycles. The number of aromatic nitrogens is 4. The van der Waals surface area contributed by atoms with Crippen LogP contribution in [0.5, 0.6) is 0 Å². The summed E-state index contributed by atoms with van der Waals surface area (Å²) in [5.74, 6) is -1.45. The summed E-state index contributed by atoms with van der Waals surface area (Å²) >= 11 is 1.05. The van der Waals surface area contributed by atoms with Crippen molar-refractivity contribution in [2.75, 3.05) is 18.9 Å². The zero-order chi connectivity index (χ0) is 23.4. The second kappa shape index (κ2) is 9.81. The van der Waals surface area contributed by atoms with E-state index in [4.69, 9.17) is 4.74 Å². The first-order chi connectivity index (χ1) is 15.2. The number of nitrogens with zero attached hydrogens (tertiary/aromatic N) is 4. The monoisotopic (exact) mass is 463 g/mol. The van der Waals surface area contributed by atoms with Crippen molar-refractivity contribution in [3.63, 3.8) is 0 Å². The van der Waals surface area contributed by atoms with E-state index in [2.05, 4.69) is 10.3 Å². The van der Waals surface area contributed by atoms with E-state index in [0.29, 0.717) is 10.7 Å². The molecule has 0 fully saturated rings. The maximum atomic E-state index is 13.3. The van der Waals surface area contributed by atoms with Crippen LogP contribution in [0, 0.1) is 5.82 Å². The molecule has 1 amide bonds. The van der Waals surface area contributed by atoms with Gasteiger partial charge in [0.05, 0.1) is 18.9 Å². The van der Waals surface area contributed by atoms with Crippen LogP contribution in [0.1, 0.15) is 12.5 Å². The van der Waals surface area contributed by atoms with Gasteiger partial charge in [-0.2, -0.15) is 0 Å². The number of esters is 1. The number of hydrogen-bond acceptors (Lipinski definition) is 7. The predicted octanol–water partition coefficient (Wildman–Crippen LogP) is 0.393. The molecule has 0 aliphatic heterocycles. The molecule has 12 heteroatoms. The Bertz CT molecular complexity index is 1280. The number of rotatable bonds is 8. The van der Waals surface area contributed by atoms with E-state index in [9.17, 15) is 23.6 Å². The van der Waals surface area contributed by atoms with Gasteiger partial charge in [-0.1, -0.05) is 23.9 Å². The highest BCUT2D eigenvalue weighted by Crippen LogP contribution is 2.23. The minimum atomic E-state index is -0.548. The topological polar surface area (TPSA) is 117 Å². The molecule has 2 aromatic heterocycles. The van der Waals surface area contributed by atoms with Gasteiger partial charge in [-0.15, -0.1) is 0 Å². The molecule has 0 spiro atoms. The molecule has 2 heterocycles. The minimum Gasteiger partial charge on any atom is -0.465 e. The number of benzene rings is 1. The van der Waals surface area contributed by atoms with Crippen LogP contribution >= 0.6 is 11.8 Å². The van der Waals surface area contributed by atoms with E-state index < -0.39 is 28.9 Å². The Balaban J connectivity index is 1.95. The van der Waals surface area contributed by atoms with Crippen molar-refractivity contribution in [3.05, 3.63) is 56.5 Å². The van der Waals surface area contributed by atoms with Crippen molar-refractivity contribution < 1.29 is 18.7 Å². The number of carbonyl (C=O) groups is 2. The highest BCUT2D eigenvalue weighted by atomic mass is 32.2. The number of fused-ring (bicyclic) bond motifs is 1. The van der Waals surface area contributed by atoms with Crippen LogP contribution in [0.15, 0.2) is 39.0 Å². The third-order valence-electron chi connectivity index (χ3n) is 4.63. The molecular weight excluding hydrogens is 441 g/mol. The molecule has 32 heavy (non-hydrogen) atoms. The summed E-state index contributed by atoms with van der Waals surface area (Å²) in [6.07, 6.45) is 0. The van der Waals surface area contributed by atoms with E-state index in [1.165, 1.54) is 30.8 Å². The average Bonchev–Trinajstić information content (AvgIpc) is 3.13. The first kappa shape index (κ1) is 23.3. The summed E-state index contributed by atoms with van der Waals surface area (Å²) in [6.45, 7) is 1.80. The van der Waals surface area contributed by atoms with Gasteiger partial charge in [0.25, 0.3) is 5.56 Å². The molecule has 0 bridgehead atoms. The smallest absolute Gasteiger partial charge is 0.332 e. The standard InChI is InChI=1S/C20H22FN5O5S/c1-4-31-15(28)9-22-14(27)11-32-19-23-17-16(18(29)25(3)20(30)24(17)2)26(19)10-12-5-7-13(21)8-6-12/h5-8H,4,9-11H2,1-3H3,(H,22,27). The van der Waals surface area contributed by atoms with Crippen molar-refractivity contribution in [1.29, 1.82) is 0 Å². The van der Waals surface area contributed by atoms with E-state index >= 15 is 0 Å². The van der Waals surface area contributed by atoms with Crippen molar-refractivity contribution in [3.8, 4) is 0 Å². The Morgan fingerprint density at radius 1 is 1.16 bits per heavy atom. The fourth-order valence-corrected chi connectivity index (χ4v) is 3.84. The quantitative estimate of drug-likeness (QED) is 0.379. The molecule has 3 aromatic rings. The number of hydrogen-bond donors (Lipinski definition) is 1. The van der Waals surface area contributed by atoms with Gasteiger partial charge in [0.2, 0.25) is 5.91 Å². The lowest BCUT2D eigenvalue weighted by atomic mass is 10.2. The number of carbonyl (C=O) groups excluding carboxylic acids is 2. The molecule has 3 rings (SSSR count). The summed E-state index contributed by atoms with van der Waals surface area (Å²) in [4.78, 5) is 53.1. The van der Waals surface area contributed by atoms with E-state index in [0.717, 1.165) is 16.3 Å². The molecule has 0 aliphatic rings. The van der Waals surface area contributed by atoms with Crippen molar-refractivity contribution in [1.82, 2.24) is 24.0 Å². The first-order valence-electron chi connectivity index (χ1n) is 9.68. The van der Waals surface area contributed by atoms with Crippen LogP contribution in [-0.4, -0.2) is 49.5 Å². The number of imidazole rings is 1. The number of nitrogens with one attached hydrogen (secondary N) is 1. The Labute approximate surface area is 186 Å². The zero-order valence-corrected chi connectivity index (χ0v) is 18.6. The lowest BCUT2D eigenvalue weighted by Gasteiger charge is -2.10. The maximum Gasteiger partial charge on any atom is 0.332 e. The maximum absolute atomic E-state index is 13.3. The van der Waals surface area contributed by atoms with Crippen LogP contribution in [0.3, 0.4) is 0 Å². The van der Waals surface area contributed by atoms with Gasteiger partial charge < -0.3 is 14.6 Å². The van der Waals surface area contributed by atoms with Crippen LogP contribution in [0.4, 0.5) is 4.39 Å². The van der Waals surface area contributed by atoms with Crippen LogP contribution < -0.4 is 16.6 Å². The molecule has 0 aliphatic carbocycles. The van der Waals surface area contributed by atoms with Gasteiger partial charge in [0.15, 0.2) is 16.3 Å². The summed E-state index contributed by atoms with van der Waals surface area (Å²) in [7, 11) is 2.87. The second-order valence-corrected chi connectivity index (χ2v) is 7.80. The largest absolute Gasteiger partial charge is 0.465 e. The van der Waals surface area contributed by atoms with Gasteiger partial charge in [-0.25, -0.2) is 14.2 Å². The Kier molecular flexibility index (Phi) is 7.13. The number of amides is 1. The normalized spacial score (nSPS) is 11.0. The summed E-state index contributed by atoms with van der Waals surface area (Å²) in [5, 5.41) is 2.78. The van der Waals surface area contributed by atoms with Gasteiger partial charge in [-0.3, -0.25) is 23.5 Å². The lowest BCUT2D eigenvalue weighted by Crippen LogP contribution is -2.37. The number of halogens is 1. The average molecular weight is 463 g/mol. The molecule has 0 unspecified atom stereocenters. The fourth-order valence-electron chi connectivity index (χ4n) is 3.02. The van der Waals surface area contributed by atoms with E-state index in [1.54, 1.807) is 23.6 Å². The molecule has 0 radical (unpaired) electrons. The van der Waals surface area contributed by atoms with Gasteiger partial charge in [0, 0.05) is 14.1 Å². The van der Waals surface area contributed by atoms with Crippen molar-refractivity contribution >= 4 is 34.8 Å². The van der Waals surface area contributed by atoms with Crippen LogP contribution in [0.25, 0.3) is 11.2 Å². The summed E-state index contributed by atoms with van der Waals surface area (Å²) in [6, 6.07) is 5.76. The first-order valence-corrected chi connectivity index (χ1v) is 10.7. The third kappa shape index (κ3) is 4.90. The number of thioether (sulfide) groups is 1. The highest BCUT2D eigenvalue weighted by Gasteiger charge is 2.20. The molecule has 0 atom stereocenters. The Morgan fingerprint density at radius 3 is 2.50 bits per heavy atom. The predicted molar refractivity (Wildman–Crippen MR) is 116 cm³/mol. The van der Waals surface area contributed by atoms with Crippen molar-refractivity contribution in [2.24, 2.45) is 14.1 Å². The molecule has 0 saturated carbocycles. The van der Waals surface area contributed by atoms with Crippen LogP contribution in [0.2, 0.25) is 0 Å². The minimum absolute atomic E-state index is 0.0829. The van der Waals surface area contributed by atoms with Crippen molar-refractivity contribution in [2.45, 2.75) is 18.6 Å². The Hall–Kier alpha value is -3.41. The number of aryl methyl sites for hydroxylation is 1. The second-order valence-electron chi connectivity index (χ2n) is 6.86. The Morgan fingerprint density at radius 2 is 1.84 bits per heavy atom. The van der Waals surface area contributed by atoms with Gasteiger partial charge in [-0.05, 0) is 24.6 Å². The van der Waals surface area contributed by atoms with E-state index in [-0.39, 0.29) is 36.6 Å². The molecule has 170 valence electrons. The molecular formula is C20H22FN5O5S. The lowest BCUT2D eigenvalue weighted by molar-refractivity contribution is -0.143. The molecule has 0 saturated heterocycles. The highest BCUT2D eigenvalue weighted by molar-refractivity contribution is 7.99. The third-order valence-corrected chi connectivity index (χ3v) is 5.61. The summed E-state index contributed by atoms with van der Waals surface area (Å²) < 4.78 is 21.9. The fraction of sp³-hybridized carbons (Fsp3) is 0.350. The number of ether oxygens (including phenoxy) is 1. The van der Waals surface area contributed by atoms with Crippen LogP contribution in [-0.2, 0) is 35.0 Å².